The van der Waals surface area contributed by atoms with Gasteiger partial charge in [-0.2, -0.15) is 0 Å². The molecule has 0 aliphatic carbocycles. The molecule has 5 nitrogen and oxygen atoms in total. The zero-order valence-corrected chi connectivity index (χ0v) is 14.2. The summed E-state index contributed by atoms with van der Waals surface area (Å²) < 4.78 is 13.4. The number of hydrogen-bond acceptors (Lipinski definition) is 4. The fourth-order valence-corrected chi connectivity index (χ4v) is 3.87. The van der Waals surface area contributed by atoms with Crippen molar-refractivity contribution in [3.63, 3.8) is 0 Å². The maximum Gasteiger partial charge on any atom is 0.227 e. The number of nitrogens with one attached hydrogen (secondary N) is 1. The van der Waals surface area contributed by atoms with Crippen molar-refractivity contribution in [2.75, 3.05) is 44.2 Å². The number of halogens is 1. The summed E-state index contributed by atoms with van der Waals surface area (Å²) in [5, 5.41) is 4.28. The van der Waals surface area contributed by atoms with E-state index < -0.39 is 0 Å². The van der Waals surface area contributed by atoms with Gasteiger partial charge in [-0.1, -0.05) is 0 Å². The number of rotatable bonds is 2. The van der Waals surface area contributed by atoms with Gasteiger partial charge in [0.1, 0.15) is 5.82 Å². The van der Waals surface area contributed by atoms with Crippen LogP contribution < -0.4 is 10.2 Å². The van der Waals surface area contributed by atoms with Crippen molar-refractivity contribution < 1.29 is 9.18 Å². The molecule has 1 aromatic carbocycles. The Morgan fingerprint density at radius 1 is 1.20 bits per heavy atom. The summed E-state index contributed by atoms with van der Waals surface area (Å²) in [6.07, 6.45) is 3.80. The highest BCUT2D eigenvalue weighted by Gasteiger charge is 2.28. The van der Waals surface area contributed by atoms with Crippen LogP contribution in [0.1, 0.15) is 12.8 Å². The number of carbonyl (C=O) groups is 1. The Hall–Kier alpha value is -2.21. The molecule has 0 saturated carbocycles. The molecule has 2 aliphatic rings. The highest BCUT2D eigenvalue weighted by atomic mass is 19.1. The quantitative estimate of drug-likeness (QED) is 0.907. The molecule has 2 aromatic rings. The van der Waals surface area contributed by atoms with Crippen LogP contribution in [0.15, 0.2) is 30.5 Å². The largest absolute Gasteiger partial charge is 0.367 e. The normalized spacial score (nSPS) is 21.6. The smallest absolute Gasteiger partial charge is 0.227 e. The minimum atomic E-state index is -0.270. The van der Waals surface area contributed by atoms with Crippen molar-refractivity contribution in [2.24, 2.45) is 5.92 Å². The minimum Gasteiger partial charge on any atom is -0.367 e. The predicted octanol–water partition coefficient (Wildman–Crippen LogP) is 2.02. The summed E-state index contributed by atoms with van der Waals surface area (Å²) in [5.74, 6) is 0.146. The summed E-state index contributed by atoms with van der Waals surface area (Å²) >= 11 is 0. The molecule has 2 aliphatic heterocycles. The van der Waals surface area contributed by atoms with Crippen LogP contribution in [-0.4, -0.2) is 55.1 Å². The molecule has 1 aromatic heterocycles. The maximum atomic E-state index is 13.4. The van der Waals surface area contributed by atoms with Crippen molar-refractivity contribution in [3.8, 4) is 0 Å². The van der Waals surface area contributed by atoms with Crippen LogP contribution in [0.4, 0.5) is 10.1 Å². The standard InChI is InChI=1S/C19H23FN4O/c20-15-3-4-16-17(12-15)22-7-5-18(16)23-8-10-24(11-9-23)19(25)14-2-1-6-21-13-14/h3-5,7,12,14,21H,1-2,6,8-11,13H2/t14-/m0/s1. The van der Waals surface area contributed by atoms with E-state index in [0.717, 1.165) is 63.2 Å². The molecule has 132 valence electrons. The molecule has 0 bridgehead atoms. The van der Waals surface area contributed by atoms with Gasteiger partial charge < -0.3 is 15.1 Å². The van der Waals surface area contributed by atoms with Crippen LogP contribution in [0.25, 0.3) is 10.9 Å². The van der Waals surface area contributed by atoms with Gasteiger partial charge in [0.2, 0.25) is 5.91 Å². The Bertz CT molecular complexity index is 767. The van der Waals surface area contributed by atoms with Crippen LogP contribution >= 0.6 is 0 Å². The van der Waals surface area contributed by atoms with Gasteiger partial charge in [0.05, 0.1) is 11.4 Å². The number of anilines is 1. The average Bonchev–Trinajstić information content (AvgIpc) is 2.67. The Kier molecular flexibility index (Phi) is 4.53. The number of hydrogen-bond donors (Lipinski definition) is 1. The number of amides is 1. The van der Waals surface area contributed by atoms with E-state index in [1.54, 1.807) is 12.3 Å². The Morgan fingerprint density at radius 3 is 2.80 bits per heavy atom. The molecule has 4 rings (SSSR count). The highest BCUT2D eigenvalue weighted by molar-refractivity contribution is 5.91. The average molecular weight is 342 g/mol. The lowest BCUT2D eigenvalue weighted by atomic mass is 9.98. The summed E-state index contributed by atoms with van der Waals surface area (Å²) in [6, 6.07) is 6.71. The van der Waals surface area contributed by atoms with Crippen molar-refractivity contribution in [3.05, 3.63) is 36.3 Å². The van der Waals surface area contributed by atoms with E-state index in [9.17, 15) is 9.18 Å². The molecule has 1 amide bonds. The molecule has 3 heterocycles. The fourth-order valence-electron chi connectivity index (χ4n) is 3.87. The van der Waals surface area contributed by atoms with E-state index in [2.05, 4.69) is 15.2 Å². The van der Waals surface area contributed by atoms with Crippen LogP contribution in [0, 0.1) is 11.7 Å². The first kappa shape index (κ1) is 16.3. The third-order valence-electron chi connectivity index (χ3n) is 5.26. The van der Waals surface area contributed by atoms with Crippen LogP contribution in [0.2, 0.25) is 0 Å². The van der Waals surface area contributed by atoms with Gasteiger partial charge >= 0.3 is 0 Å². The molecule has 2 fully saturated rings. The molecular formula is C19H23FN4O. The second-order valence-electron chi connectivity index (χ2n) is 6.85. The molecule has 6 heteroatoms. The van der Waals surface area contributed by atoms with Gasteiger partial charge in [-0.05, 0) is 37.6 Å². The highest BCUT2D eigenvalue weighted by Crippen LogP contribution is 2.27. The predicted molar refractivity (Wildman–Crippen MR) is 96.1 cm³/mol. The molecule has 2 saturated heterocycles. The SMILES string of the molecule is O=C([C@H]1CCCNC1)N1CCN(c2ccnc3cc(F)ccc23)CC1. The molecule has 1 N–H and O–H groups in total. The fraction of sp³-hybridized carbons (Fsp3) is 0.474. The lowest BCUT2D eigenvalue weighted by Gasteiger charge is -2.38. The first-order valence-electron chi connectivity index (χ1n) is 9.01. The number of carbonyl (C=O) groups excluding carboxylic acids is 1. The topological polar surface area (TPSA) is 48.5 Å². The number of pyridine rings is 1. The molecule has 0 unspecified atom stereocenters. The molecule has 1 atom stereocenters. The van der Waals surface area contributed by atoms with Gasteiger partial charge in [-0.3, -0.25) is 9.78 Å². The molecule has 25 heavy (non-hydrogen) atoms. The van der Waals surface area contributed by atoms with E-state index >= 15 is 0 Å². The van der Waals surface area contributed by atoms with Crippen LogP contribution in [0.5, 0.6) is 0 Å². The minimum absolute atomic E-state index is 0.130. The summed E-state index contributed by atoms with van der Waals surface area (Å²) in [5.41, 5.74) is 1.74. The van der Waals surface area contributed by atoms with Gasteiger partial charge in [0.25, 0.3) is 0 Å². The van der Waals surface area contributed by atoms with E-state index in [1.807, 2.05) is 11.0 Å². The monoisotopic (exact) mass is 342 g/mol. The maximum absolute atomic E-state index is 13.4. The first-order valence-corrected chi connectivity index (χ1v) is 9.01. The number of benzene rings is 1. The van der Waals surface area contributed by atoms with E-state index in [4.69, 9.17) is 0 Å². The van der Waals surface area contributed by atoms with E-state index in [1.165, 1.54) is 12.1 Å². The zero-order chi connectivity index (χ0) is 17.2. The lowest BCUT2D eigenvalue weighted by Crippen LogP contribution is -2.52. The van der Waals surface area contributed by atoms with Crippen LogP contribution in [-0.2, 0) is 4.79 Å². The number of piperazine rings is 1. The summed E-state index contributed by atoms with van der Waals surface area (Å²) in [6.45, 7) is 4.89. The second-order valence-corrected chi connectivity index (χ2v) is 6.85. The summed E-state index contributed by atoms with van der Waals surface area (Å²) in [4.78, 5) is 21.2. The lowest BCUT2D eigenvalue weighted by molar-refractivity contribution is -0.136. The second kappa shape index (κ2) is 6.96. The third-order valence-corrected chi connectivity index (χ3v) is 5.26. The Morgan fingerprint density at radius 2 is 2.04 bits per heavy atom. The van der Waals surface area contributed by atoms with Gasteiger partial charge in [-0.15, -0.1) is 0 Å². The zero-order valence-electron chi connectivity index (χ0n) is 14.2. The summed E-state index contributed by atoms with van der Waals surface area (Å²) in [7, 11) is 0. The molecule has 0 radical (unpaired) electrons. The number of fused-ring (bicyclic) bond motifs is 1. The Labute approximate surface area is 146 Å². The molecular weight excluding hydrogens is 319 g/mol. The van der Waals surface area contributed by atoms with Crippen molar-refractivity contribution in [1.29, 1.82) is 0 Å². The Balaban J connectivity index is 1.46. The van der Waals surface area contributed by atoms with Crippen molar-refractivity contribution in [2.45, 2.75) is 12.8 Å². The van der Waals surface area contributed by atoms with E-state index in [0.29, 0.717) is 5.52 Å². The van der Waals surface area contributed by atoms with Gasteiger partial charge in [0.15, 0.2) is 0 Å². The number of piperidine rings is 1. The molecule has 0 spiro atoms. The van der Waals surface area contributed by atoms with Crippen LogP contribution in [0.3, 0.4) is 0 Å². The van der Waals surface area contributed by atoms with Crippen molar-refractivity contribution >= 4 is 22.5 Å². The first-order chi connectivity index (χ1) is 12.2. The van der Waals surface area contributed by atoms with Gasteiger partial charge in [-0.25, -0.2) is 4.39 Å². The number of nitrogens with zero attached hydrogens (tertiary/aromatic N) is 3. The van der Waals surface area contributed by atoms with E-state index in [-0.39, 0.29) is 17.6 Å². The third kappa shape index (κ3) is 3.31. The van der Waals surface area contributed by atoms with Gasteiger partial charge in [0, 0.05) is 56.1 Å². The number of aromatic nitrogens is 1. The van der Waals surface area contributed by atoms with Crippen molar-refractivity contribution in [1.82, 2.24) is 15.2 Å².